The zero-order chi connectivity index (χ0) is 13.7. The second-order valence-corrected chi connectivity index (χ2v) is 5.41. The highest BCUT2D eigenvalue weighted by Crippen LogP contribution is 2.20. The Kier molecular flexibility index (Phi) is 4.63. The molecule has 0 bridgehead atoms. The molecule has 0 saturated carbocycles. The van der Waals surface area contributed by atoms with Crippen LogP contribution >= 0.6 is 22.7 Å². The highest BCUT2D eigenvalue weighted by molar-refractivity contribution is 7.15. The number of aliphatic hydroxyl groups excluding tert-OH is 1. The fourth-order valence-corrected chi connectivity index (χ4v) is 2.74. The number of thiophene rings is 1. The number of carbonyl (C=O) groups excluding carboxylic acids is 1. The number of hydrogen-bond donors (Lipinski definition) is 2. The zero-order valence-electron chi connectivity index (χ0n) is 10.1. The molecule has 2 rings (SSSR count). The molecule has 98 valence electrons. The molecule has 0 spiro atoms. The van der Waals surface area contributed by atoms with Crippen LogP contribution in [0.5, 0.6) is 0 Å². The van der Waals surface area contributed by atoms with Crippen LogP contribution in [0.3, 0.4) is 0 Å². The first kappa shape index (κ1) is 13.7. The Bertz CT molecular complexity index is 637. The quantitative estimate of drug-likeness (QED) is 0.846. The molecule has 0 unspecified atom stereocenters. The summed E-state index contributed by atoms with van der Waals surface area (Å²) in [6.07, 6.45) is 0.791. The lowest BCUT2D eigenvalue weighted by Gasteiger charge is -1.98. The Labute approximate surface area is 118 Å². The molecule has 1 amide bonds. The van der Waals surface area contributed by atoms with Crippen molar-refractivity contribution in [3.05, 3.63) is 26.9 Å². The van der Waals surface area contributed by atoms with Crippen LogP contribution in [0.2, 0.25) is 0 Å². The van der Waals surface area contributed by atoms with Crippen molar-refractivity contribution in [2.24, 2.45) is 0 Å². The second-order valence-electron chi connectivity index (χ2n) is 3.43. The van der Waals surface area contributed by atoms with Gasteiger partial charge in [0.15, 0.2) is 0 Å². The molecule has 2 aromatic rings. The summed E-state index contributed by atoms with van der Waals surface area (Å²) >= 11 is 2.66. The number of anilines is 1. The summed E-state index contributed by atoms with van der Waals surface area (Å²) in [5.41, 5.74) is 0.608. The van der Waals surface area contributed by atoms with Crippen LogP contribution in [0.25, 0.3) is 0 Å². The molecule has 0 saturated heterocycles. The summed E-state index contributed by atoms with van der Waals surface area (Å²) in [7, 11) is 0. The first-order valence-electron chi connectivity index (χ1n) is 5.55. The minimum atomic E-state index is -0.254. The number of aromatic nitrogens is 2. The molecule has 0 aliphatic heterocycles. The van der Waals surface area contributed by atoms with Gasteiger partial charge in [-0.2, -0.15) is 0 Å². The molecule has 0 fully saturated rings. The van der Waals surface area contributed by atoms with Gasteiger partial charge in [0.05, 0.1) is 0 Å². The molecule has 19 heavy (non-hydrogen) atoms. The molecule has 0 aliphatic carbocycles. The van der Waals surface area contributed by atoms with Crippen LogP contribution in [0.1, 0.15) is 27.2 Å². The molecule has 2 heterocycles. The molecular weight excluding hydrogens is 282 g/mol. The monoisotopic (exact) mass is 293 g/mol. The number of nitrogens with one attached hydrogen (secondary N) is 1. The van der Waals surface area contributed by atoms with Gasteiger partial charge in [-0.05, 0) is 17.9 Å². The van der Waals surface area contributed by atoms with Gasteiger partial charge < -0.3 is 5.11 Å². The zero-order valence-corrected chi connectivity index (χ0v) is 11.8. The second kappa shape index (κ2) is 6.43. The molecule has 2 N–H and O–H groups in total. The van der Waals surface area contributed by atoms with E-state index in [1.807, 2.05) is 6.92 Å². The van der Waals surface area contributed by atoms with Crippen molar-refractivity contribution < 1.29 is 9.90 Å². The van der Waals surface area contributed by atoms with Crippen LogP contribution in [0, 0.1) is 11.8 Å². The van der Waals surface area contributed by atoms with Gasteiger partial charge in [-0.1, -0.05) is 30.1 Å². The molecule has 0 aliphatic rings. The van der Waals surface area contributed by atoms with E-state index in [1.165, 1.54) is 22.7 Å². The Morgan fingerprint density at radius 2 is 2.37 bits per heavy atom. The van der Waals surface area contributed by atoms with Crippen LogP contribution in [-0.2, 0) is 6.42 Å². The van der Waals surface area contributed by atoms with E-state index in [-0.39, 0.29) is 12.5 Å². The van der Waals surface area contributed by atoms with E-state index < -0.39 is 0 Å². The van der Waals surface area contributed by atoms with Crippen molar-refractivity contribution in [1.82, 2.24) is 10.2 Å². The van der Waals surface area contributed by atoms with Crippen molar-refractivity contribution in [1.29, 1.82) is 0 Å². The van der Waals surface area contributed by atoms with E-state index in [1.54, 1.807) is 11.4 Å². The smallest absolute Gasteiger partial charge is 0.268 e. The number of aliphatic hydroxyl groups is 1. The average molecular weight is 293 g/mol. The van der Waals surface area contributed by atoms with Crippen molar-refractivity contribution in [3.8, 4) is 11.8 Å². The summed E-state index contributed by atoms with van der Waals surface area (Å²) < 4.78 is 0. The number of aryl methyl sites for hydroxylation is 1. The summed E-state index contributed by atoms with van der Waals surface area (Å²) in [6, 6.07) is 1.75. The summed E-state index contributed by atoms with van der Waals surface area (Å²) in [5.74, 6) is 5.02. The van der Waals surface area contributed by atoms with Crippen LogP contribution in [-0.4, -0.2) is 27.8 Å². The van der Waals surface area contributed by atoms with Gasteiger partial charge >= 0.3 is 0 Å². The molecule has 0 atom stereocenters. The Morgan fingerprint density at radius 3 is 3.05 bits per heavy atom. The van der Waals surface area contributed by atoms with Crippen LogP contribution < -0.4 is 5.32 Å². The number of carbonyl (C=O) groups is 1. The molecule has 5 nitrogen and oxygen atoms in total. The lowest BCUT2D eigenvalue weighted by molar-refractivity contribution is 0.103. The van der Waals surface area contributed by atoms with Gasteiger partial charge in [0.2, 0.25) is 5.13 Å². The normalized spacial score (nSPS) is 9.79. The SMILES string of the molecule is CCc1nnc(NC(=O)c2sccc2C#CCO)s1. The summed E-state index contributed by atoms with van der Waals surface area (Å²) in [4.78, 5) is 12.6. The number of nitrogens with zero attached hydrogens (tertiary/aromatic N) is 2. The topological polar surface area (TPSA) is 75.1 Å². The van der Waals surface area contributed by atoms with E-state index in [0.29, 0.717) is 15.6 Å². The van der Waals surface area contributed by atoms with Crippen molar-refractivity contribution in [2.45, 2.75) is 13.3 Å². The fraction of sp³-hybridized carbons (Fsp3) is 0.250. The first-order valence-corrected chi connectivity index (χ1v) is 7.25. The molecule has 2 aromatic heterocycles. The lowest BCUT2D eigenvalue weighted by atomic mass is 10.2. The maximum atomic E-state index is 12.1. The largest absolute Gasteiger partial charge is 0.384 e. The number of rotatable bonds is 3. The van der Waals surface area contributed by atoms with E-state index in [0.717, 1.165) is 11.4 Å². The van der Waals surface area contributed by atoms with E-state index in [9.17, 15) is 4.79 Å². The van der Waals surface area contributed by atoms with Gasteiger partial charge in [0, 0.05) is 5.56 Å². The third kappa shape index (κ3) is 3.38. The minimum Gasteiger partial charge on any atom is -0.384 e. The van der Waals surface area contributed by atoms with Crippen molar-refractivity contribution in [3.63, 3.8) is 0 Å². The molecular formula is C12H11N3O2S2. The molecule has 0 radical (unpaired) electrons. The first-order chi connectivity index (χ1) is 9.24. The maximum Gasteiger partial charge on any atom is 0.268 e. The number of hydrogen-bond acceptors (Lipinski definition) is 6. The van der Waals surface area contributed by atoms with Crippen molar-refractivity contribution in [2.75, 3.05) is 11.9 Å². The van der Waals surface area contributed by atoms with Gasteiger partial charge in [0.25, 0.3) is 5.91 Å². The highest BCUT2D eigenvalue weighted by atomic mass is 32.1. The minimum absolute atomic E-state index is 0.229. The maximum absolute atomic E-state index is 12.1. The molecule has 7 heteroatoms. The lowest BCUT2D eigenvalue weighted by Crippen LogP contribution is -2.11. The predicted octanol–water partition coefficient (Wildman–Crippen LogP) is 1.76. The number of amides is 1. The van der Waals surface area contributed by atoms with Gasteiger partial charge in [-0.3, -0.25) is 10.1 Å². The van der Waals surface area contributed by atoms with Gasteiger partial charge in [-0.25, -0.2) is 0 Å². The van der Waals surface area contributed by atoms with Gasteiger partial charge in [0.1, 0.15) is 16.5 Å². The van der Waals surface area contributed by atoms with Crippen molar-refractivity contribution >= 4 is 33.7 Å². The summed E-state index contributed by atoms with van der Waals surface area (Å²) in [5, 5.41) is 22.4. The Hall–Kier alpha value is -1.75. The third-order valence-electron chi connectivity index (χ3n) is 2.16. The molecule has 0 aromatic carbocycles. The Morgan fingerprint density at radius 1 is 1.53 bits per heavy atom. The predicted molar refractivity (Wildman–Crippen MR) is 75.5 cm³/mol. The standard InChI is InChI=1S/C12H11N3O2S2/c1-2-9-14-15-12(19-9)13-11(17)10-8(4-3-6-16)5-7-18-10/h5,7,16H,2,6H2,1H3,(H,13,15,17). The van der Waals surface area contributed by atoms with E-state index in [4.69, 9.17) is 5.11 Å². The highest BCUT2D eigenvalue weighted by Gasteiger charge is 2.14. The van der Waals surface area contributed by atoms with Crippen LogP contribution in [0.4, 0.5) is 5.13 Å². The Balaban J connectivity index is 2.13. The van der Waals surface area contributed by atoms with E-state index in [2.05, 4.69) is 27.4 Å². The fourth-order valence-electron chi connectivity index (χ4n) is 1.32. The average Bonchev–Trinajstić information content (AvgIpc) is 3.04. The van der Waals surface area contributed by atoms with Gasteiger partial charge in [-0.15, -0.1) is 21.5 Å². The third-order valence-corrected chi connectivity index (χ3v) is 4.06. The van der Waals surface area contributed by atoms with Crippen LogP contribution in [0.15, 0.2) is 11.4 Å². The summed E-state index contributed by atoms with van der Waals surface area (Å²) in [6.45, 7) is 1.75. The van der Waals surface area contributed by atoms with E-state index >= 15 is 0 Å².